The zero-order valence-electron chi connectivity index (χ0n) is 20.7. The monoisotopic (exact) mass is 481 g/mol. The Morgan fingerprint density at radius 1 is 0.833 bits per heavy atom. The SMILES string of the molecule is C=C(C)/C(=C/c1ccc(N2CCN(c3ccccc3)CC2)cc1)C(=O)N(C)c1ccc(C(=O)O)cc1. The van der Waals surface area contributed by atoms with Gasteiger partial charge in [0.2, 0.25) is 0 Å². The summed E-state index contributed by atoms with van der Waals surface area (Å²) in [5.41, 5.74) is 5.30. The molecule has 1 amide bonds. The van der Waals surface area contributed by atoms with Gasteiger partial charge in [0.25, 0.3) is 5.91 Å². The van der Waals surface area contributed by atoms with E-state index in [4.69, 9.17) is 5.11 Å². The molecule has 1 aliphatic rings. The van der Waals surface area contributed by atoms with Crippen molar-refractivity contribution >= 4 is 35.0 Å². The smallest absolute Gasteiger partial charge is 0.335 e. The van der Waals surface area contributed by atoms with E-state index < -0.39 is 5.97 Å². The van der Waals surface area contributed by atoms with E-state index in [1.165, 1.54) is 28.4 Å². The number of carbonyl (C=O) groups excluding carboxylic acids is 1. The van der Waals surface area contributed by atoms with Crippen molar-refractivity contribution in [2.75, 3.05) is 47.9 Å². The third kappa shape index (κ3) is 5.66. The first kappa shape index (κ1) is 24.8. The van der Waals surface area contributed by atoms with Gasteiger partial charge in [-0.1, -0.05) is 36.9 Å². The molecule has 3 aromatic rings. The van der Waals surface area contributed by atoms with Crippen LogP contribution in [0, 0.1) is 0 Å². The predicted molar refractivity (Wildman–Crippen MR) is 147 cm³/mol. The number of aromatic carboxylic acids is 1. The molecule has 0 saturated carbocycles. The van der Waals surface area contributed by atoms with Crippen molar-refractivity contribution in [1.82, 2.24) is 0 Å². The summed E-state index contributed by atoms with van der Waals surface area (Å²) >= 11 is 0. The zero-order valence-corrected chi connectivity index (χ0v) is 20.7. The Morgan fingerprint density at radius 3 is 1.86 bits per heavy atom. The molecule has 0 atom stereocenters. The molecule has 4 rings (SSSR count). The average molecular weight is 482 g/mol. The molecule has 1 heterocycles. The van der Waals surface area contributed by atoms with Gasteiger partial charge in [-0.2, -0.15) is 0 Å². The second-order valence-corrected chi connectivity index (χ2v) is 8.96. The van der Waals surface area contributed by atoms with Crippen LogP contribution in [0.5, 0.6) is 0 Å². The highest BCUT2D eigenvalue weighted by Gasteiger charge is 2.19. The van der Waals surface area contributed by atoms with Crippen molar-refractivity contribution in [2.24, 2.45) is 0 Å². The molecule has 0 aliphatic carbocycles. The first-order valence-electron chi connectivity index (χ1n) is 12.0. The third-order valence-corrected chi connectivity index (χ3v) is 6.47. The third-order valence-electron chi connectivity index (χ3n) is 6.47. The standard InChI is InChI=1S/C30H31N3O3/c1-22(2)28(29(34)31(3)25-15-11-24(12-16-25)30(35)36)21-23-9-13-27(14-10-23)33-19-17-32(18-20-33)26-7-5-4-6-8-26/h4-16,21H,1,17-20H2,2-3H3,(H,35,36)/b28-21-. The minimum Gasteiger partial charge on any atom is -0.478 e. The van der Waals surface area contributed by atoms with E-state index in [0.29, 0.717) is 16.8 Å². The van der Waals surface area contributed by atoms with Gasteiger partial charge >= 0.3 is 5.97 Å². The molecule has 0 radical (unpaired) electrons. The molecule has 6 nitrogen and oxygen atoms in total. The van der Waals surface area contributed by atoms with E-state index in [1.54, 1.807) is 19.2 Å². The molecule has 1 N–H and O–H groups in total. The Balaban J connectivity index is 1.44. The molecule has 0 aromatic heterocycles. The summed E-state index contributed by atoms with van der Waals surface area (Å²) in [7, 11) is 1.67. The van der Waals surface area contributed by atoms with E-state index in [1.807, 2.05) is 31.2 Å². The zero-order chi connectivity index (χ0) is 25.7. The normalized spacial score (nSPS) is 13.9. The van der Waals surface area contributed by atoms with Crippen molar-refractivity contribution in [2.45, 2.75) is 6.92 Å². The molecule has 184 valence electrons. The van der Waals surface area contributed by atoms with E-state index in [0.717, 1.165) is 31.7 Å². The number of hydrogen-bond acceptors (Lipinski definition) is 4. The first-order chi connectivity index (χ1) is 17.3. The van der Waals surface area contributed by atoms with Crippen LogP contribution in [0.2, 0.25) is 0 Å². The fourth-order valence-electron chi connectivity index (χ4n) is 4.30. The molecule has 3 aromatic carbocycles. The van der Waals surface area contributed by atoms with Crippen molar-refractivity contribution in [3.05, 3.63) is 108 Å². The van der Waals surface area contributed by atoms with Crippen LogP contribution in [0.15, 0.2) is 96.6 Å². The predicted octanol–water partition coefficient (Wildman–Crippen LogP) is 5.33. The van der Waals surface area contributed by atoms with Gasteiger partial charge in [0.05, 0.1) is 5.56 Å². The van der Waals surface area contributed by atoms with Crippen LogP contribution in [-0.4, -0.2) is 50.2 Å². The number of rotatable bonds is 7. The number of para-hydroxylation sites is 1. The van der Waals surface area contributed by atoms with E-state index in [9.17, 15) is 9.59 Å². The van der Waals surface area contributed by atoms with Crippen LogP contribution in [0.3, 0.4) is 0 Å². The lowest BCUT2D eigenvalue weighted by Crippen LogP contribution is -2.46. The molecule has 0 spiro atoms. The van der Waals surface area contributed by atoms with Gasteiger partial charge in [-0.15, -0.1) is 0 Å². The van der Waals surface area contributed by atoms with Crippen LogP contribution >= 0.6 is 0 Å². The highest BCUT2D eigenvalue weighted by molar-refractivity contribution is 6.11. The topological polar surface area (TPSA) is 64.1 Å². The molecular formula is C30H31N3O3. The summed E-state index contributed by atoms with van der Waals surface area (Å²) in [6, 6.07) is 25.0. The van der Waals surface area contributed by atoms with E-state index in [2.05, 4.69) is 52.8 Å². The number of benzene rings is 3. The van der Waals surface area contributed by atoms with Crippen molar-refractivity contribution < 1.29 is 14.7 Å². The summed E-state index contributed by atoms with van der Waals surface area (Å²) in [6.07, 6.45) is 1.85. The number of carboxylic acids is 1. The minimum absolute atomic E-state index is 0.178. The van der Waals surface area contributed by atoms with Crippen LogP contribution in [0.25, 0.3) is 6.08 Å². The van der Waals surface area contributed by atoms with Gasteiger partial charge in [-0.25, -0.2) is 4.79 Å². The molecule has 0 bridgehead atoms. The number of nitrogens with zero attached hydrogens (tertiary/aromatic N) is 3. The number of likely N-dealkylation sites (N-methyl/N-ethyl adjacent to an activating group) is 1. The molecule has 1 aliphatic heterocycles. The quantitative estimate of drug-likeness (QED) is 0.365. The largest absolute Gasteiger partial charge is 0.478 e. The molecule has 6 heteroatoms. The lowest BCUT2D eigenvalue weighted by molar-refractivity contribution is -0.114. The highest BCUT2D eigenvalue weighted by Crippen LogP contribution is 2.24. The van der Waals surface area contributed by atoms with Crippen molar-refractivity contribution in [1.29, 1.82) is 0 Å². The number of carbonyl (C=O) groups is 2. The fourth-order valence-corrected chi connectivity index (χ4v) is 4.30. The highest BCUT2D eigenvalue weighted by atomic mass is 16.4. The van der Waals surface area contributed by atoms with E-state index in [-0.39, 0.29) is 11.5 Å². The number of carboxylic acid groups (broad SMARTS) is 1. The summed E-state index contributed by atoms with van der Waals surface area (Å²) in [5.74, 6) is -1.20. The van der Waals surface area contributed by atoms with E-state index >= 15 is 0 Å². The summed E-state index contributed by atoms with van der Waals surface area (Å²) in [6.45, 7) is 9.66. The Morgan fingerprint density at radius 2 is 1.36 bits per heavy atom. The lowest BCUT2D eigenvalue weighted by atomic mass is 10.0. The van der Waals surface area contributed by atoms with Gasteiger partial charge in [-0.3, -0.25) is 4.79 Å². The van der Waals surface area contributed by atoms with Crippen LogP contribution in [0.4, 0.5) is 17.1 Å². The van der Waals surface area contributed by atoms with Crippen LogP contribution in [-0.2, 0) is 4.79 Å². The van der Waals surface area contributed by atoms with Crippen LogP contribution < -0.4 is 14.7 Å². The number of piperazine rings is 1. The van der Waals surface area contributed by atoms with Gasteiger partial charge in [0.15, 0.2) is 0 Å². The lowest BCUT2D eigenvalue weighted by Gasteiger charge is -2.37. The van der Waals surface area contributed by atoms with Gasteiger partial charge in [0, 0.05) is 55.9 Å². The van der Waals surface area contributed by atoms with Gasteiger partial charge < -0.3 is 19.8 Å². The summed E-state index contributed by atoms with van der Waals surface area (Å²) in [4.78, 5) is 30.6. The Labute approximate surface area is 212 Å². The maximum absolute atomic E-state index is 13.2. The Hall–Kier alpha value is -4.32. The van der Waals surface area contributed by atoms with Crippen molar-refractivity contribution in [3.63, 3.8) is 0 Å². The fraction of sp³-hybridized carbons (Fsp3) is 0.200. The number of anilines is 3. The molecule has 1 saturated heterocycles. The second kappa shape index (κ2) is 11.0. The summed E-state index contributed by atoms with van der Waals surface area (Å²) < 4.78 is 0. The maximum atomic E-state index is 13.2. The molecule has 0 unspecified atom stereocenters. The van der Waals surface area contributed by atoms with Gasteiger partial charge in [-0.05, 0) is 72.7 Å². The molecular weight excluding hydrogens is 450 g/mol. The van der Waals surface area contributed by atoms with Gasteiger partial charge in [0.1, 0.15) is 0 Å². The van der Waals surface area contributed by atoms with Crippen molar-refractivity contribution in [3.8, 4) is 0 Å². The number of hydrogen-bond donors (Lipinski definition) is 1. The first-order valence-corrected chi connectivity index (χ1v) is 12.0. The Bertz CT molecular complexity index is 1260. The molecule has 1 fully saturated rings. The maximum Gasteiger partial charge on any atom is 0.335 e. The molecule has 36 heavy (non-hydrogen) atoms. The minimum atomic E-state index is -1.00. The van der Waals surface area contributed by atoms with Crippen LogP contribution in [0.1, 0.15) is 22.8 Å². The second-order valence-electron chi connectivity index (χ2n) is 8.96. The summed E-state index contributed by atoms with van der Waals surface area (Å²) in [5, 5.41) is 9.10. The number of amides is 1. The Kier molecular flexibility index (Phi) is 7.54. The average Bonchev–Trinajstić information content (AvgIpc) is 2.92.